The van der Waals surface area contributed by atoms with E-state index in [1.54, 1.807) is 0 Å². The van der Waals surface area contributed by atoms with Gasteiger partial charge in [-0.2, -0.15) is 0 Å². The Morgan fingerprint density at radius 2 is 2.12 bits per heavy atom. The molecule has 0 radical (unpaired) electrons. The van der Waals surface area contributed by atoms with E-state index in [1.165, 1.54) is 18.2 Å². The van der Waals surface area contributed by atoms with Gasteiger partial charge in [0.15, 0.2) is 16.4 Å². The highest BCUT2D eigenvalue weighted by molar-refractivity contribution is 7.90. The summed E-state index contributed by atoms with van der Waals surface area (Å²) < 4.78 is 27.2. The zero-order valence-corrected chi connectivity index (χ0v) is 9.88. The molecule has 0 spiro atoms. The van der Waals surface area contributed by atoms with Crippen molar-refractivity contribution in [2.24, 2.45) is 0 Å². The molecule has 0 unspecified atom stereocenters. The van der Waals surface area contributed by atoms with Crippen molar-refractivity contribution in [3.63, 3.8) is 0 Å². The fourth-order valence-electron chi connectivity index (χ4n) is 0.969. The van der Waals surface area contributed by atoms with Gasteiger partial charge in [-0.05, 0) is 18.2 Å². The van der Waals surface area contributed by atoms with Gasteiger partial charge in [0.1, 0.15) is 5.75 Å². The minimum absolute atomic E-state index is 0.0557. The first kappa shape index (κ1) is 12.8. The average Bonchev–Trinajstić information content (AvgIpc) is 2.14. The number of carbonyl (C=O) groups is 1. The van der Waals surface area contributed by atoms with E-state index in [1.807, 2.05) is 0 Å². The molecule has 1 aromatic rings. The van der Waals surface area contributed by atoms with Gasteiger partial charge in [-0.1, -0.05) is 11.6 Å². The van der Waals surface area contributed by atoms with E-state index in [0.29, 0.717) is 0 Å². The minimum Gasteiger partial charge on any atom is -0.480 e. The Bertz CT molecular complexity index is 509. The Balaban J connectivity index is 2.96. The number of carboxylic acid groups (broad SMARTS) is 1. The number of aliphatic carboxylic acids is 1. The van der Waals surface area contributed by atoms with Crippen molar-refractivity contribution < 1.29 is 23.1 Å². The van der Waals surface area contributed by atoms with Crippen molar-refractivity contribution in [3.8, 4) is 5.75 Å². The van der Waals surface area contributed by atoms with E-state index in [0.717, 1.165) is 6.26 Å². The van der Waals surface area contributed by atoms with Crippen molar-refractivity contribution >= 4 is 27.4 Å². The van der Waals surface area contributed by atoms with Crippen LogP contribution in [0.15, 0.2) is 23.1 Å². The second kappa shape index (κ2) is 4.71. The van der Waals surface area contributed by atoms with Crippen LogP contribution in [0, 0.1) is 0 Å². The summed E-state index contributed by atoms with van der Waals surface area (Å²) in [6, 6.07) is 3.84. The van der Waals surface area contributed by atoms with E-state index in [9.17, 15) is 13.2 Å². The topological polar surface area (TPSA) is 80.7 Å². The molecule has 7 heteroatoms. The van der Waals surface area contributed by atoms with Gasteiger partial charge in [0.2, 0.25) is 0 Å². The number of carboxylic acids is 1. The molecule has 88 valence electrons. The van der Waals surface area contributed by atoms with E-state index in [2.05, 4.69) is 0 Å². The number of hydrogen-bond acceptors (Lipinski definition) is 4. The fourth-order valence-corrected chi connectivity index (χ4v) is 1.92. The number of rotatable bonds is 4. The maximum absolute atomic E-state index is 11.2. The molecular formula is C9H9ClO5S. The predicted octanol–water partition coefficient (Wildman–Crippen LogP) is 1.21. The molecule has 1 aromatic carbocycles. The molecule has 0 bridgehead atoms. The largest absolute Gasteiger partial charge is 0.480 e. The molecule has 5 nitrogen and oxygen atoms in total. The first-order valence-corrected chi connectivity index (χ1v) is 6.42. The lowest BCUT2D eigenvalue weighted by Gasteiger charge is -2.06. The second-order valence-corrected chi connectivity index (χ2v) is 5.47. The number of sulfone groups is 1. The average molecular weight is 265 g/mol. The number of benzene rings is 1. The zero-order valence-electron chi connectivity index (χ0n) is 8.31. The van der Waals surface area contributed by atoms with Crippen molar-refractivity contribution in [3.05, 3.63) is 23.2 Å². The Morgan fingerprint density at radius 1 is 1.50 bits per heavy atom. The molecule has 0 atom stereocenters. The third kappa shape index (κ3) is 3.39. The van der Waals surface area contributed by atoms with Crippen LogP contribution in [0.5, 0.6) is 5.75 Å². The van der Waals surface area contributed by atoms with Gasteiger partial charge >= 0.3 is 5.97 Å². The third-order valence-corrected chi connectivity index (χ3v) is 3.09. The lowest BCUT2D eigenvalue weighted by Crippen LogP contribution is -2.09. The number of hydrogen-bond donors (Lipinski definition) is 1. The molecule has 0 aliphatic carbocycles. The van der Waals surface area contributed by atoms with Crippen LogP contribution in [-0.2, 0) is 14.6 Å². The van der Waals surface area contributed by atoms with Crippen molar-refractivity contribution in [1.82, 2.24) is 0 Å². The summed E-state index contributed by atoms with van der Waals surface area (Å²) in [4.78, 5) is 10.3. The smallest absolute Gasteiger partial charge is 0.341 e. The molecule has 1 rings (SSSR count). The molecule has 16 heavy (non-hydrogen) atoms. The van der Waals surface area contributed by atoms with Crippen molar-refractivity contribution in [2.45, 2.75) is 4.90 Å². The Hall–Kier alpha value is -1.27. The first-order valence-electron chi connectivity index (χ1n) is 4.15. The maximum Gasteiger partial charge on any atom is 0.341 e. The van der Waals surface area contributed by atoms with Crippen LogP contribution in [0.3, 0.4) is 0 Å². The van der Waals surface area contributed by atoms with Crippen molar-refractivity contribution in [2.75, 3.05) is 12.9 Å². The monoisotopic (exact) mass is 264 g/mol. The Kier molecular flexibility index (Phi) is 3.77. The predicted molar refractivity (Wildman–Crippen MR) is 57.7 cm³/mol. The summed E-state index contributed by atoms with van der Waals surface area (Å²) in [6.07, 6.45) is 1.05. The molecule has 0 saturated heterocycles. The highest BCUT2D eigenvalue weighted by Crippen LogP contribution is 2.27. The third-order valence-electron chi connectivity index (χ3n) is 1.68. The van der Waals surface area contributed by atoms with Crippen LogP contribution in [-0.4, -0.2) is 32.4 Å². The van der Waals surface area contributed by atoms with Crippen LogP contribution in [0.25, 0.3) is 0 Å². The van der Waals surface area contributed by atoms with Crippen LogP contribution in [0.1, 0.15) is 0 Å². The fraction of sp³-hybridized carbons (Fsp3) is 0.222. The summed E-state index contributed by atoms with van der Waals surface area (Å²) in [7, 11) is -3.33. The van der Waals surface area contributed by atoms with Gasteiger partial charge in [-0.25, -0.2) is 13.2 Å². The molecule has 0 heterocycles. The highest BCUT2D eigenvalue weighted by atomic mass is 35.5. The quantitative estimate of drug-likeness (QED) is 0.884. The second-order valence-electron chi connectivity index (χ2n) is 3.05. The summed E-state index contributed by atoms with van der Waals surface area (Å²) in [5.41, 5.74) is 0. The zero-order chi connectivity index (χ0) is 12.3. The van der Waals surface area contributed by atoms with Crippen LogP contribution in [0.4, 0.5) is 0 Å². The first-order chi connectivity index (χ1) is 7.30. The van der Waals surface area contributed by atoms with Crippen LogP contribution >= 0.6 is 11.6 Å². The Morgan fingerprint density at radius 3 is 2.56 bits per heavy atom. The van der Waals surface area contributed by atoms with Gasteiger partial charge < -0.3 is 9.84 Å². The lowest BCUT2D eigenvalue weighted by molar-refractivity contribution is -0.139. The van der Waals surface area contributed by atoms with Gasteiger partial charge in [-0.3, -0.25) is 0 Å². The molecule has 0 saturated carbocycles. The molecule has 1 N–H and O–H groups in total. The summed E-state index contributed by atoms with van der Waals surface area (Å²) in [5.74, 6) is -1.00. The van der Waals surface area contributed by atoms with Gasteiger partial charge in [0, 0.05) is 6.26 Å². The lowest BCUT2D eigenvalue weighted by atomic mass is 10.3. The van der Waals surface area contributed by atoms with Gasteiger partial charge in [0.05, 0.1) is 9.92 Å². The van der Waals surface area contributed by atoms with Crippen molar-refractivity contribution in [1.29, 1.82) is 0 Å². The van der Waals surface area contributed by atoms with E-state index in [4.69, 9.17) is 21.4 Å². The minimum atomic E-state index is -3.33. The van der Waals surface area contributed by atoms with E-state index in [-0.39, 0.29) is 15.7 Å². The van der Waals surface area contributed by atoms with Crippen LogP contribution < -0.4 is 4.74 Å². The Labute approximate surface area is 97.5 Å². The summed E-state index contributed by atoms with van der Waals surface area (Å²) in [6.45, 7) is -0.530. The normalized spacial score (nSPS) is 11.1. The van der Waals surface area contributed by atoms with Gasteiger partial charge in [0.25, 0.3) is 0 Å². The summed E-state index contributed by atoms with van der Waals surface area (Å²) in [5, 5.41) is 8.44. The number of ether oxygens (including phenoxy) is 1. The highest BCUT2D eigenvalue weighted by Gasteiger charge is 2.11. The molecule has 0 amide bonds. The standard InChI is InChI=1S/C9H9ClO5S/c1-16(13,14)6-2-3-8(7(10)4-6)15-5-9(11)12/h2-4H,5H2,1H3,(H,11,12). The summed E-state index contributed by atoms with van der Waals surface area (Å²) >= 11 is 5.74. The van der Waals surface area contributed by atoms with Gasteiger partial charge in [-0.15, -0.1) is 0 Å². The van der Waals surface area contributed by atoms with Crippen LogP contribution in [0.2, 0.25) is 5.02 Å². The SMILES string of the molecule is CS(=O)(=O)c1ccc(OCC(=O)O)c(Cl)c1. The molecular weight excluding hydrogens is 256 g/mol. The maximum atomic E-state index is 11.2. The molecule has 0 aliphatic rings. The molecule has 0 fully saturated rings. The number of halogens is 1. The van der Waals surface area contributed by atoms with E-state index < -0.39 is 22.4 Å². The molecule has 0 aromatic heterocycles. The van der Waals surface area contributed by atoms with E-state index >= 15 is 0 Å². The molecule has 0 aliphatic heterocycles.